The maximum Gasteiger partial charge on any atom is 0.257 e. The molecule has 90 valence electrons. The van der Waals surface area contributed by atoms with E-state index in [0.29, 0.717) is 11.3 Å². The molecule has 0 aliphatic carbocycles. The van der Waals surface area contributed by atoms with Gasteiger partial charge in [0, 0.05) is 17.5 Å². The zero-order valence-electron chi connectivity index (χ0n) is 9.12. The van der Waals surface area contributed by atoms with Crippen molar-refractivity contribution in [1.29, 1.82) is 0 Å². The van der Waals surface area contributed by atoms with Gasteiger partial charge in [-0.15, -0.1) is 0 Å². The predicted octanol–water partition coefficient (Wildman–Crippen LogP) is 0.863. The van der Waals surface area contributed by atoms with Crippen LogP contribution in [0.15, 0.2) is 28.8 Å². The number of aromatic nitrogens is 2. The standard InChI is InChI=1S/C10H11N3O3S/c1-17(14,15)6-9-12-10(16-13-9)7-2-4-8(11)5-3-7/h2-5H,6,11H2,1H3. The third-order valence-electron chi connectivity index (χ3n) is 2.02. The Morgan fingerprint density at radius 3 is 2.53 bits per heavy atom. The molecule has 1 aromatic heterocycles. The van der Waals surface area contributed by atoms with Gasteiger partial charge in [-0.3, -0.25) is 0 Å². The van der Waals surface area contributed by atoms with Gasteiger partial charge in [0.05, 0.1) is 0 Å². The lowest BCUT2D eigenvalue weighted by atomic mass is 10.2. The van der Waals surface area contributed by atoms with E-state index in [4.69, 9.17) is 10.3 Å². The molecule has 1 aromatic carbocycles. The zero-order chi connectivity index (χ0) is 12.5. The van der Waals surface area contributed by atoms with Crippen molar-refractivity contribution in [3.63, 3.8) is 0 Å². The zero-order valence-corrected chi connectivity index (χ0v) is 9.94. The van der Waals surface area contributed by atoms with Gasteiger partial charge in [0.2, 0.25) is 0 Å². The number of benzene rings is 1. The van der Waals surface area contributed by atoms with E-state index in [2.05, 4.69) is 10.1 Å². The molecule has 0 aliphatic heterocycles. The summed E-state index contributed by atoms with van der Waals surface area (Å²) in [4.78, 5) is 4.00. The highest BCUT2D eigenvalue weighted by molar-refractivity contribution is 7.89. The largest absolute Gasteiger partial charge is 0.399 e. The second-order valence-electron chi connectivity index (χ2n) is 3.71. The third kappa shape index (κ3) is 3.04. The Labute approximate surface area is 98.4 Å². The predicted molar refractivity (Wildman–Crippen MR) is 62.7 cm³/mol. The molecule has 2 N–H and O–H groups in total. The van der Waals surface area contributed by atoms with Crippen molar-refractivity contribution in [3.8, 4) is 11.5 Å². The molecule has 6 nitrogen and oxygen atoms in total. The minimum atomic E-state index is -3.16. The Morgan fingerprint density at radius 2 is 1.94 bits per heavy atom. The summed E-state index contributed by atoms with van der Waals surface area (Å²) < 4.78 is 27.1. The van der Waals surface area contributed by atoms with Gasteiger partial charge in [-0.1, -0.05) is 5.16 Å². The monoisotopic (exact) mass is 253 g/mol. The Hall–Kier alpha value is -1.89. The van der Waals surface area contributed by atoms with E-state index in [1.807, 2.05) is 0 Å². The highest BCUT2D eigenvalue weighted by atomic mass is 32.2. The summed E-state index contributed by atoms with van der Waals surface area (Å²) in [6.07, 6.45) is 1.12. The smallest absolute Gasteiger partial charge is 0.257 e. The molecule has 1 heterocycles. The molecule has 0 radical (unpaired) electrons. The second-order valence-corrected chi connectivity index (χ2v) is 5.85. The molecule has 2 rings (SSSR count). The van der Waals surface area contributed by atoms with Gasteiger partial charge in [-0.05, 0) is 24.3 Å². The molecule has 0 fully saturated rings. The SMILES string of the molecule is CS(=O)(=O)Cc1noc(-c2ccc(N)cc2)n1. The normalized spacial score (nSPS) is 11.6. The number of nitrogens with zero attached hydrogens (tertiary/aromatic N) is 2. The van der Waals surface area contributed by atoms with Crippen LogP contribution in [0.5, 0.6) is 0 Å². The van der Waals surface area contributed by atoms with Crippen LogP contribution in [0.1, 0.15) is 5.82 Å². The minimum Gasteiger partial charge on any atom is -0.399 e. The third-order valence-corrected chi connectivity index (χ3v) is 2.80. The van der Waals surface area contributed by atoms with Gasteiger partial charge in [0.25, 0.3) is 5.89 Å². The Balaban J connectivity index is 2.27. The Kier molecular flexibility index (Phi) is 2.84. The summed E-state index contributed by atoms with van der Waals surface area (Å²) in [5, 5.41) is 3.60. The molecule has 17 heavy (non-hydrogen) atoms. The number of rotatable bonds is 3. The van der Waals surface area contributed by atoms with E-state index in [0.717, 1.165) is 6.26 Å². The molecular formula is C10H11N3O3S. The van der Waals surface area contributed by atoms with Crippen LogP contribution in [0.25, 0.3) is 11.5 Å². The van der Waals surface area contributed by atoms with Gasteiger partial charge in [0.15, 0.2) is 15.7 Å². The van der Waals surface area contributed by atoms with Crippen LogP contribution in [0.3, 0.4) is 0 Å². The molecule has 0 atom stereocenters. The second kappa shape index (κ2) is 4.17. The lowest BCUT2D eigenvalue weighted by molar-refractivity contribution is 0.424. The molecular weight excluding hydrogens is 242 g/mol. The van der Waals surface area contributed by atoms with Crippen molar-refractivity contribution >= 4 is 15.5 Å². The van der Waals surface area contributed by atoms with E-state index in [1.54, 1.807) is 24.3 Å². The fourth-order valence-electron chi connectivity index (χ4n) is 1.29. The Morgan fingerprint density at radius 1 is 1.29 bits per heavy atom. The lowest BCUT2D eigenvalue weighted by Gasteiger charge is -1.94. The first-order valence-corrected chi connectivity index (χ1v) is 6.86. The summed E-state index contributed by atoms with van der Waals surface area (Å²) in [5.74, 6) is 0.203. The number of hydrogen-bond acceptors (Lipinski definition) is 6. The fraction of sp³-hybridized carbons (Fsp3) is 0.200. The van der Waals surface area contributed by atoms with Crippen molar-refractivity contribution < 1.29 is 12.9 Å². The van der Waals surface area contributed by atoms with Crippen molar-refractivity contribution in [3.05, 3.63) is 30.1 Å². The van der Waals surface area contributed by atoms with E-state index < -0.39 is 9.84 Å². The summed E-state index contributed by atoms with van der Waals surface area (Å²) in [6.45, 7) is 0. The van der Waals surface area contributed by atoms with Gasteiger partial charge >= 0.3 is 0 Å². The van der Waals surface area contributed by atoms with Crippen molar-refractivity contribution in [2.24, 2.45) is 0 Å². The van der Waals surface area contributed by atoms with Crippen LogP contribution < -0.4 is 5.73 Å². The van der Waals surface area contributed by atoms with Crippen LogP contribution in [-0.2, 0) is 15.6 Å². The molecule has 0 amide bonds. The first-order chi connectivity index (χ1) is 7.94. The van der Waals surface area contributed by atoms with Crippen molar-refractivity contribution in [1.82, 2.24) is 10.1 Å². The minimum absolute atomic E-state index is 0.152. The van der Waals surface area contributed by atoms with Crippen molar-refractivity contribution in [2.75, 3.05) is 12.0 Å². The average Bonchev–Trinajstić information content (AvgIpc) is 2.64. The maximum absolute atomic E-state index is 11.1. The first-order valence-electron chi connectivity index (χ1n) is 4.80. The quantitative estimate of drug-likeness (QED) is 0.814. The maximum atomic E-state index is 11.1. The first kappa shape index (κ1) is 11.6. The topological polar surface area (TPSA) is 99.1 Å². The summed E-state index contributed by atoms with van der Waals surface area (Å²) in [6, 6.07) is 6.87. The highest BCUT2D eigenvalue weighted by Crippen LogP contribution is 2.18. The van der Waals surface area contributed by atoms with Crippen molar-refractivity contribution in [2.45, 2.75) is 5.75 Å². The van der Waals surface area contributed by atoms with Crippen LogP contribution >= 0.6 is 0 Å². The molecule has 0 bridgehead atoms. The van der Waals surface area contributed by atoms with Crippen LogP contribution in [0.4, 0.5) is 5.69 Å². The Bertz CT molecular complexity index is 617. The number of hydrogen-bond donors (Lipinski definition) is 1. The molecule has 7 heteroatoms. The molecule has 0 spiro atoms. The fourth-order valence-corrected chi connectivity index (χ4v) is 1.88. The molecule has 0 saturated carbocycles. The van der Waals surface area contributed by atoms with E-state index in [-0.39, 0.29) is 17.5 Å². The summed E-state index contributed by atoms with van der Waals surface area (Å²) in [7, 11) is -3.16. The lowest BCUT2D eigenvalue weighted by Crippen LogP contribution is -2.02. The van der Waals surface area contributed by atoms with Gasteiger partial charge in [-0.25, -0.2) is 8.42 Å². The number of nitrogens with two attached hydrogens (primary N) is 1. The van der Waals surface area contributed by atoms with E-state index in [1.165, 1.54) is 0 Å². The van der Waals surface area contributed by atoms with E-state index >= 15 is 0 Å². The molecule has 0 saturated heterocycles. The molecule has 2 aromatic rings. The van der Waals surface area contributed by atoms with Crippen LogP contribution in [0.2, 0.25) is 0 Å². The van der Waals surface area contributed by atoms with Gasteiger partial charge in [0.1, 0.15) is 5.75 Å². The highest BCUT2D eigenvalue weighted by Gasteiger charge is 2.13. The summed E-state index contributed by atoms with van der Waals surface area (Å²) >= 11 is 0. The van der Waals surface area contributed by atoms with Gasteiger partial charge in [-0.2, -0.15) is 4.98 Å². The van der Waals surface area contributed by atoms with Crippen LogP contribution in [0, 0.1) is 0 Å². The van der Waals surface area contributed by atoms with E-state index in [9.17, 15) is 8.42 Å². The average molecular weight is 253 g/mol. The van der Waals surface area contributed by atoms with Crippen LogP contribution in [-0.4, -0.2) is 24.8 Å². The molecule has 0 aliphatic rings. The molecule has 0 unspecified atom stereocenters. The number of anilines is 1. The number of sulfone groups is 1. The number of nitrogen functional groups attached to an aromatic ring is 1. The van der Waals surface area contributed by atoms with Gasteiger partial charge < -0.3 is 10.3 Å². The summed E-state index contributed by atoms with van der Waals surface area (Å²) in [5.41, 5.74) is 6.88.